The maximum absolute atomic E-state index is 5.07. The van der Waals surface area contributed by atoms with Gasteiger partial charge in [0.15, 0.2) is 0 Å². The highest BCUT2D eigenvalue weighted by molar-refractivity contribution is 5.24. The van der Waals surface area contributed by atoms with Crippen LogP contribution in [0.5, 0.6) is 0 Å². The van der Waals surface area contributed by atoms with Gasteiger partial charge in [-0.25, -0.2) is 0 Å². The van der Waals surface area contributed by atoms with E-state index in [9.17, 15) is 0 Å². The van der Waals surface area contributed by atoms with Crippen LogP contribution >= 0.6 is 0 Å². The van der Waals surface area contributed by atoms with E-state index in [0.29, 0.717) is 5.92 Å². The van der Waals surface area contributed by atoms with Crippen LogP contribution in [0.1, 0.15) is 30.9 Å². The summed E-state index contributed by atoms with van der Waals surface area (Å²) in [5, 5.41) is 1.81. The van der Waals surface area contributed by atoms with Crippen LogP contribution in [-0.4, -0.2) is 19.2 Å². The van der Waals surface area contributed by atoms with Gasteiger partial charge in [-0.1, -0.05) is 38.1 Å². The average Bonchev–Trinajstić information content (AvgIpc) is 2.18. The first-order valence-corrected chi connectivity index (χ1v) is 4.97. The Kier molecular flexibility index (Phi) is 4.11. The fourth-order valence-corrected chi connectivity index (χ4v) is 1.33. The smallest absolute Gasteiger partial charge is 0.0575 e. The number of rotatable bonds is 4. The van der Waals surface area contributed by atoms with Crippen molar-refractivity contribution in [1.29, 1.82) is 0 Å². The number of hydroxylamine groups is 2. The molecule has 0 aliphatic carbocycles. The Hall–Kier alpha value is -0.860. The molecule has 0 fully saturated rings. The van der Waals surface area contributed by atoms with Crippen molar-refractivity contribution in [2.24, 2.45) is 0 Å². The Morgan fingerprint density at radius 1 is 1.21 bits per heavy atom. The van der Waals surface area contributed by atoms with Gasteiger partial charge in [0, 0.05) is 13.6 Å². The molecule has 0 heterocycles. The van der Waals surface area contributed by atoms with Crippen LogP contribution < -0.4 is 0 Å². The molecular formula is C12H19NO. The maximum atomic E-state index is 5.07. The third-order valence-corrected chi connectivity index (χ3v) is 2.36. The molecule has 0 saturated carbocycles. The molecule has 0 radical (unpaired) electrons. The first kappa shape index (κ1) is 11.2. The second-order valence-electron chi connectivity index (χ2n) is 3.86. The van der Waals surface area contributed by atoms with Crippen molar-refractivity contribution in [1.82, 2.24) is 5.06 Å². The topological polar surface area (TPSA) is 12.5 Å². The predicted octanol–water partition coefficient (Wildman–Crippen LogP) is 2.80. The molecule has 1 aromatic rings. The summed E-state index contributed by atoms with van der Waals surface area (Å²) >= 11 is 0. The molecular weight excluding hydrogens is 174 g/mol. The molecule has 0 spiro atoms. The Morgan fingerprint density at radius 3 is 2.21 bits per heavy atom. The molecule has 0 N–H and O–H groups in total. The van der Waals surface area contributed by atoms with Crippen molar-refractivity contribution >= 4 is 0 Å². The maximum Gasteiger partial charge on any atom is 0.0575 e. The van der Waals surface area contributed by atoms with E-state index in [-0.39, 0.29) is 0 Å². The highest BCUT2D eigenvalue weighted by Gasteiger charge is 2.00. The third kappa shape index (κ3) is 3.13. The second kappa shape index (κ2) is 5.13. The summed E-state index contributed by atoms with van der Waals surface area (Å²) in [4.78, 5) is 5.07. The fraction of sp³-hybridized carbons (Fsp3) is 0.500. The molecule has 0 unspecified atom stereocenters. The van der Waals surface area contributed by atoms with Gasteiger partial charge < -0.3 is 4.84 Å². The standard InChI is InChI=1S/C12H19NO/c1-10(2)12-7-5-11(6-8-12)9-13(3)14-4/h5-8,10H,9H2,1-4H3. The minimum Gasteiger partial charge on any atom is -0.302 e. The molecule has 0 aliphatic rings. The van der Waals surface area contributed by atoms with E-state index in [4.69, 9.17) is 4.84 Å². The van der Waals surface area contributed by atoms with E-state index in [1.54, 1.807) is 7.11 Å². The predicted molar refractivity (Wildman–Crippen MR) is 59.0 cm³/mol. The largest absolute Gasteiger partial charge is 0.302 e. The first-order valence-electron chi connectivity index (χ1n) is 4.97. The normalized spacial score (nSPS) is 11.3. The number of hydrogen-bond acceptors (Lipinski definition) is 2. The lowest BCUT2D eigenvalue weighted by atomic mass is 10.0. The van der Waals surface area contributed by atoms with Crippen LogP contribution in [0, 0.1) is 0 Å². The molecule has 1 aromatic carbocycles. The molecule has 0 saturated heterocycles. The fourth-order valence-electron chi connectivity index (χ4n) is 1.33. The van der Waals surface area contributed by atoms with E-state index in [1.165, 1.54) is 11.1 Å². The molecule has 2 heteroatoms. The lowest BCUT2D eigenvalue weighted by Crippen LogP contribution is -2.15. The van der Waals surface area contributed by atoms with E-state index >= 15 is 0 Å². The zero-order valence-corrected chi connectivity index (χ0v) is 9.45. The second-order valence-corrected chi connectivity index (χ2v) is 3.86. The summed E-state index contributed by atoms with van der Waals surface area (Å²) in [6.45, 7) is 5.24. The van der Waals surface area contributed by atoms with Gasteiger partial charge >= 0.3 is 0 Å². The van der Waals surface area contributed by atoms with Gasteiger partial charge in [0.05, 0.1) is 7.11 Å². The zero-order chi connectivity index (χ0) is 10.6. The molecule has 0 atom stereocenters. The quantitative estimate of drug-likeness (QED) is 0.682. The van der Waals surface area contributed by atoms with Gasteiger partial charge in [-0.15, -0.1) is 0 Å². The monoisotopic (exact) mass is 193 g/mol. The lowest BCUT2D eigenvalue weighted by Gasteiger charge is -2.14. The molecule has 0 aromatic heterocycles. The third-order valence-electron chi connectivity index (χ3n) is 2.36. The van der Waals surface area contributed by atoms with Crippen molar-refractivity contribution in [2.75, 3.05) is 14.2 Å². The van der Waals surface area contributed by atoms with E-state index < -0.39 is 0 Å². The number of nitrogens with zero attached hydrogens (tertiary/aromatic N) is 1. The summed E-state index contributed by atoms with van der Waals surface area (Å²) in [6, 6.07) is 8.68. The van der Waals surface area contributed by atoms with Gasteiger partial charge in [0.1, 0.15) is 0 Å². The molecule has 14 heavy (non-hydrogen) atoms. The highest BCUT2D eigenvalue weighted by Crippen LogP contribution is 2.15. The van der Waals surface area contributed by atoms with Crippen molar-refractivity contribution in [3.63, 3.8) is 0 Å². The van der Waals surface area contributed by atoms with E-state index in [0.717, 1.165) is 6.54 Å². The summed E-state index contributed by atoms with van der Waals surface area (Å²) in [7, 11) is 3.61. The highest BCUT2D eigenvalue weighted by atomic mass is 16.7. The molecule has 0 bridgehead atoms. The van der Waals surface area contributed by atoms with Crippen LogP contribution in [0.25, 0.3) is 0 Å². The van der Waals surface area contributed by atoms with E-state index in [1.807, 2.05) is 12.1 Å². The number of benzene rings is 1. The van der Waals surface area contributed by atoms with Crippen LogP contribution in [-0.2, 0) is 11.4 Å². The average molecular weight is 193 g/mol. The summed E-state index contributed by atoms with van der Waals surface area (Å²) < 4.78 is 0. The summed E-state index contributed by atoms with van der Waals surface area (Å²) in [5.41, 5.74) is 2.66. The van der Waals surface area contributed by atoms with E-state index in [2.05, 4.69) is 38.1 Å². The van der Waals surface area contributed by atoms with Crippen LogP contribution in [0.15, 0.2) is 24.3 Å². The van der Waals surface area contributed by atoms with Gasteiger partial charge in [-0.05, 0) is 17.0 Å². The zero-order valence-electron chi connectivity index (χ0n) is 9.45. The van der Waals surface area contributed by atoms with Crippen molar-refractivity contribution in [3.8, 4) is 0 Å². The Bertz CT molecular complexity index is 266. The van der Waals surface area contributed by atoms with Crippen LogP contribution in [0.2, 0.25) is 0 Å². The van der Waals surface area contributed by atoms with Crippen LogP contribution in [0.4, 0.5) is 0 Å². The summed E-state index contributed by atoms with van der Waals surface area (Å²) in [5.74, 6) is 0.601. The Balaban J connectivity index is 2.64. The molecule has 0 amide bonds. The Morgan fingerprint density at radius 2 is 1.79 bits per heavy atom. The van der Waals surface area contributed by atoms with Gasteiger partial charge in [-0.3, -0.25) is 0 Å². The minimum atomic E-state index is 0.601. The van der Waals surface area contributed by atoms with Crippen molar-refractivity contribution < 1.29 is 4.84 Å². The SMILES string of the molecule is CON(C)Cc1ccc(C(C)C)cc1. The molecule has 78 valence electrons. The summed E-state index contributed by atoms with van der Waals surface area (Å²) in [6.07, 6.45) is 0. The first-order chi connectivity index (χ1) is 6.63. The molecule has 0 aliphatic heterocycles. The lowest BCUT2D eigenvalue weighted by molar-refractivity contribution is -0.116. The van der Waals surface area contributed by atoms with Gasteiger partial charge in [0.2, 0.25) is 0 Å². The van der Waals surface area contributed by atoms with Gasteiger partial charge in [0.25, 0.3) is 0 Å². The van der Waals surface area contributed by atoms with Crippen molar-refractivity contribution in [2.45, 2.75) is 26.3 Å². The molecule has 2 nitrogen and oxygen atoms in total. The minimum absolute atomic E-state index is 0.601. The van der Waals surface area contributed by atoms with Crippen LogP contribution in [0.3, 0.4) is 0 Å². The Labute approximate surface area is 86.4 Å². The number of hydrogen-bond donors (Lipinski definition) is 0. The van der Waals surface area contributed by atoms with Crippen molar-refractivity contribution in [3.05, 3.63) is 35.4 Å². The van der Waals surface area contributed by atoms with Gasteiger partial charge in [-0.2, -0.15) is 5.06 Å². The molecule has 1 rings (SSSR count).